The van der Waals surface area contributed by atoms with Gasteiger partial charge in [-0.15, -0.1) is 0 Å². The number of piperidine rings is 1. The van der Waals surface area contributed by atoms with Crippen molar-refractivity contribution in [1.82, 2.24) is 4.90 Å². The molecule has 1 heterocycles. The molecule has 1 aliphatic rings. The summed E-state index contributed by atoms with van der Waals surface area (Å²) >= 11 is 12.5. The molecule has 0 radical (unpaired) electrons. The van der Waals surface area contributed by atoms with Crippen molar-refractivity contribution in [2.75, 3.05) is 18.4 Å². The predicted molar refractivity (Wildman–Crippen MR) is 106 cm³/mol. The topological polar surface area (TPSA) is 75.5 Å². The maximum absolute atomic E-state index is 12.6. The van der Waals surface area contributed by atoms with Gasteiger partial charge in [-0.05, 0) is 37.6 Å². The van der Waals surface area contributed by atoms with Crippen molar-refractivity contribution in [1.29, 1.82) is 0 Å². The number of nitrogens with zero attached hydrogens (tertiary/aromatic N) is 2. The highest BCUT2D eigenvalue weighted by molar-refractivity contribution is 6.35. The van der Waals surface area contributed by atoms with Crippen molar-refractivity contribution in [3.63, 3.8) is 0 Å². The number of non-ortho nitro benzene ring substituents is 1. The smallest absolute Gasteiger partial charge is 0.271 e. The van der Waals surface area contributed by atoms with E-state index in [1.54, 1.807) is 30.3 Å². The van der Waals surface area contributed by atoms with E-state index >= 15 is 0 Å². The van der Waals surface area contributed by atoms with Gasteiger partial charge in [0.25, 0.3) is 5.69 Å². The van der Waals surface area contributed by atoms with Gasteiger partial charge >= 0.3 is 0 Å². The van der Waals surface area contributed by atoms with Crippen LogP contribution in [-0.4, -0.2) is 28.8 Å². The Balaban J connectivity index is 1.64. The molecule has 1 N–H and O–H groups in total. The summed E-state index contributed by atoms with van der Waals surface area (Å²) in [6.45, 7) is 2.03. The Morgan fingerprint density at radius 3 is 2.63 bits per heavy atom. The van der Waals surface area contributed by atoms with E-state index in [1.165, 1.54) is 12.1 Å². The van der Waals surface area contributed by atoms with Crippen LogP contribution < -0.4 is 5.32 Å². The fraction of sp³-hybridized carbons (Fsp3) is 0.316. The zero-order valence-electron chi connectivity index (χ0n) is 14.5. The van der Waals surface area contributed by atoms with Gasteiger partial charge in [0.05, 0.1) is 10.8 Å². The number of halogens is 2. The zero-order chi connectivity index (χ0) is 19.4. The predicted octanol–water partition coefficient (Wildman–Crippen LogP) is 4.75. The molecule has 1 saturated heterocycles. The molecule has 6 nitrogen and oxygen atoms in total. The van der Waals surface area contributed by atoms with Gasteiger partial charge in [-0.2, -0.15) is 0 Å². The Hall–Kier alpha value is -2.15. The van der Waals surface area contributed by atoms with Crippen LogP contribution in [0.3, 0.4) is 0 Å². The first-order chi connectivity index (χ1) is 12.9. The molecule has 3 rings (SSSR count). The second kappa shape index (κ2) is 8.69. The first-order valence-corrected chi connectivity index (χ1v) is 9.40. The van der Waals surface area contributed by atoms with Crippen LogP contribution in [0.4, 0.5) is 11.4 Å². The Morgan fingerprint density at radius 2 is 1.93 bits per heavy atom. The van der Waals surface area contributed by atoms with Crippen LogP contribution in [0.25, 0.3) is 0 Å². The van der Waals surface area contributed by atoms with Gasteiger partial charge < -0.3 is 5.32 Å². The van der Waals surface area contributed by atoms with Crippen molar-refractivity contribution in [2.45, 2.75) is 19.4 Å². The standard InChI is InChI=1S/C19H19Cl2N3O3/c20-17-7-2-8-18(21)16(17)12-23-9-3-4-13(11-23)19(25)22-14-5-1-6-15(10-14)24(26)27/h1-2,5-8,10,13H,3-4,9,11-12H2,(H,22,25). The van der Waals surface area contributed by atoms with E-state index in [1.807, 2.05) is 0 Å². The van der Waals surface area contributed by atoms with Crippen LogP contribution in [0.2, 0.25) is 10.0 Å². The third kappa shape index (κ3) is 4.97. The largest absolute Gasteiger partial charge is 0.326 e. The molecule has 0 aliphatic carbocycles. The molecule has 0 saturated carbocycles. The van der Waals surface area contributed by atoms with Gasteiger partial charge in [0, 0.05) is 46.5 Å². The second-order valence-corrected chi connectivity index (χ2v) is 7.39. The molecular formula is C19H19Cl2N3O3. The van der Waals surface area contributed by atoms with Gasteiger partial charge in [0.1, 0.15) is 0 Å². The summed E-state index contributed by atoms with van der Waals surface area (Å²) in [6, 6.07) is 11.4. The SMILES string of the molecule is O=C(Nc1cccc([N+](=O)[O-])c1)C1CCCN(Cc2c(Cl)cccc2Cl)C1. The number of nitro groups is 1. The molecular weight excluding hydrogens is 389 g/mol. The first kappa shape index (κ1) is 19.6. The van der Waals surface area contributed by atoms with Crippen LogP contribution in [0, 0.1) is 16.0 Å². The monoisotopic (exact) mass is 407 g/mol. The molecule has 142 valence electrons. The molecule has 0 bridgehead atoms. The average Bonchev–Trinajstić information content (AvgIpc) is 2.65. The van der Waals surface area contributed by atoms with Crippen LogP contribution in [-0.2, 0) is 11.3 Å². The summed E-state index contributed by atoms with van der Waals surface area (Å²) in [5.74, 6) is -0.329. The highest BCUT2D eigenvalue weighted by Crippen LogP contribution is 2.28. The molecule has 8 heteroatoms. The average molecular weight is 408 g/mol. The van der Waals surface area contributed by atoms with Crippen LogP contribution in [0.1, 0.15) is 18.4 Å². The van der Waals surface area contributed by atoms with Gasteiger partial charge in [0.15, 0.2) is 0 Å². The molecule has 1 unspecified atom stereocenters. The summed E-state index contributed by atoms with van der Waals surface area (Å²) in [5, 5.41) is 14.9. The number of likely N-dealkylation sites (tertiary alicyclic amines) is 1. The normalized spacial score (nSPS) is 17.5. The van der Waals surface area contributed by atoms with E-state index in [2.05, 4.69) is 10.2 Å². The minimum absolute atomic E-state index is 0.0496. The van der Waals surface area contributed by atoms with E-state index in [0.29, 0.717) is 28.8 Å². The summed E-state index contributed by atoms with van der Waals surface area (Å²) in [7, 11) is 0. The van der Waals surface area contributed by atoms with Crippen molar-refractivity contribution in [2.24, 2.45) is 5.92 Å². The summed E-state index contributed by atoms with van der Waals surface area (Å²) in [6.07, 6.45) is 1.66. The maximum atomic E-state index is 12.6. The Bertz CT molecular complexity index is 840. The zero-order valence-corrected chi connectivity index (χ0v) is 16.0. The van der Waals surface area contributed by atoms with Gasteiger partial charge in [-0.3, -0.25) is 19.8 Å². The number of nitrogens with one attached hydrogen (secondary N) is 1. The summed E-state index contributed by atoms with van der Waals surface area (Å²) in [4.78, 5) is 25.2. The van der Waals surface area contributed by atoms with Crippen molar-refractivity contribution < 1.29 is 9.72 Å². The number of amides is 1. The van der Waals surface area contributed by atoms with Crippen molar-refractivity contribution in [3.05, 3.63) is 68.2 Å². The fourth-order valence-corrected chi connectivity index (χ4v) is 3.78. The van der Waals surface area contributed by atoms with Gasteiger partial charge in [-0.25, -0.2) is 0 Å². The lowest BCUT2D eigenvalue weighted by Gasteiger charge is -2.32. The number of nitro benzene ring substituents is 1. The lowest BCUT2D eigenvalue weighted by molar-refractivity contribution is -0.384. The number of rotatable bonds is 5. The van der Waals surface area contributed by atoms with E-state index < -0.39 is 4.92 Å². The number of hydrogen-bond acceptors (Lipinski definition) is 4. The lowest BCUT2D eigenvalue weighted by Crippen LogP contribution is -2.40. The fourth-order valence-electron chi connectivity index (χ4n) is 3.26. The molecule has 1 atom stereocenters. The molecule has 0 spiro atoms. The minimum Gasteiger partial charge on any atom is -0.326 e. The second-order valence-electron chi connectivity index (χ2n) is 6.57. The minimum atomic E-state index is -0.481. The molecule has 2 aromatic rings. The summed E-state index contributed by atoms with van der Waals surface area (Å²) in [5.41, 5.74) is 1.24. The third-order valence-corrected chi connectivity index (χ3v) is 5.35. The van der Waals surface area contributed by atoms with E-state index in [0.717, 1.165) is 24.9 Å². The Kier molecular flexibility index (Phi) is 6.31. The van der Waals surface area contributed by atoms with E-state index in [4.69, 9.17) is 23.2 Å². The third-order valence-electron chi connectivity index (χ3n) is 4.64. The van der Waals surface area contributed by atoms with Gasteiger partial charge in [-0.1, -0.05) is 35.3 Å². The Labute approximate surface area is 167 Å². The van der Waals surface area contributed by atoms with E-state index in [-0.39, 0.29) is 17.5 Å². The van der Waals surface area contributed by atoms with Crippen molar-refractivity contribution in [3.8, 4) is 0 Å². The number of hydrogen-bond donors (Lipinski definition) is 1. The molecule has 1 amide bonds. The number of carbonyl (C=O) groups excluding carboxylic acids is 1. The molecule has 0 aromatic heterocycles. The lowest BCUT2D eigenvalue weighted by atomic mass is 9.96. The molecule has 2 aromatic carbocycles. The maximum Gasteiger partial charge on any atom is 0.271 e. The number of carbonyl (C=O) groups is 1. The summed E-state index contributed by atoms with van der Waals surface area (Å²) < 4.78 is 0. The van der Waals surface area contributed by atoms with Crippen LogP contribution in [0.5, 0.6) is 0 Å². The Morgan fingerprint density at radius 1 is 1.22 bits per heavy atom. The quantitative estimate of drug-likeness (QED) is 0.572. The van der Waals surface area contributed by atoms with E-state index in [9.17, 15) is 14.9 Å². The number of anilines is 1. The van der Waals surface area contributed by atoms with Crippen LogP contribution >= 0.6 is 23.2 Å². The highest BCUT2D eigenvalue weighted by Gasteiger charge is 2.27. The molecule has 1 fully saturated rings. The number of benzene rings is 2. The van der Waals surface area contributed by atoms with Gasteiger partial charge in [0.2, 0.25) is 5.91 Å². The molecule has 1 aliphatic heterocycles. The molecule has 27 heavy (non-hydrogen) atoms. The van der Waals surface area contributed by atoms with Crippen LogP contribution in [0.15, 0.2) is 42.5 Å². The highest BCUT2D eigenvalue weighted by atomic mass is 35.5. The first-order valence-electron chi connectivity index (χ1n) is 8.64. The van der Waals surface area contributed by atoms with Crippen molar-refractivity contribution >= 4 is 40.5 Å².